The Balaban J connectivity index is 3.12. The van der Waals surface area contributed by atoms with Gasteiger partial charge in [-0.15, -0.1) is 0 Å². The van der Waals surface area contributed by atoms with Crippen LogP contribution in [0.4, 0.5) is 0 Å². The number of rotatable bonds is 7. The van der Waals surface area contributed by atoms with Crippen molar-refractivity contribution >= 4 is 17.7 Å². The van der Waals surface area contributed by atoms with E-state index in [1.807, 2.05) is 13.8 Å². The van der Waals surface area contributed by atoms with E-state index in [0.717, 1.165) is 12.8 Å². The van der Waals surface area contributed by atoms with E-state index < -0.39 is 24.0 Å². The molecule has 0 spiro atoms. The number of amides is 1. The van der Waals surface area contributed by atoms with Crippen LogP contribution < -0.4 is 11.1 Å². The first kappa shape index (κ1) is 18.2. The molecule has 0 bridgehead atoms. The highest BCUT2D eigenvalue weighted by atomic mass is 16.5. The number of hydrogen-bond donors (Lipinski definition) is 4. The van der Waals surface area contributed by atoms with Crippen molar-refractivity contribution in [1.29, 1.82) is 5.41 Å². The molecule has 0 aliphatic heterocycles. The Kier molecular flexibility index (Phi) is 6.55. The van der Waals surface area contributed by atoms with Crippen LogP contribution in [0.1, 0.15) is 40.0 Å². The molecule has 22 heavy (non-hydrogen) atoms. The first-order chi connectivity index (χ1) is 10.3. The molecule has 0 aromatic rings. The molecule has 0 fully saturated rings. The van der Waals surface area contributed by atoms with Crippen LogP contribution in [-0.2, 0) is 14.3 Å². The lowest BCUT2D eigenvalue weighted by Crippen LogP contribution is -2.54. The summed E-state index contributed by atoms with van der Waals surface area (Å²) in [7, 11) is 0. The summed E-state index contributed by atoms with van der Waals surface area (Å²) in [6, 6.07) is -0.529. The van der Waals surface area contributed by atoms with Gasteiger partial charge in [-0.2, -0.15) is 0 Å². The summed E-state index contributed by atoms with van der Waals surface area (Å²) < 4.78 is 5.99. The van der Waals surface area contributed by atoms with Crippen molar-refractivity contribution in [1.82, 2.24) is 5.32 Å². The smallest absolute Gasteiger partial charge is 0.331 e. The Morgan fingerprint density at radius 3 is 2.50 bits per heavy atom. The maximum atomic E-state index is 11.5. The predicted octanol–water partition coefficient (Wildman–Crippen LogP) is 1.03. The third-order valence-electron chi connectivity index (χ3n) is 3.87. The number of ether oxygens (including phenoxy) is 1. The Labute approximate surface area is 130 Å². The minimum Gasteiger partial charge on any atom is -0.478 e. The average molecular weight is 311 g/mol. The molecule has 7 nitrogen and oxygen atoms in total. The molecule has 0 unspecified atom stereocenters. The number of carbonyl (C=O) groups is 2. The number of carboxylic acids is 1. The van der Waals surface area contributed by atoms with Gasteiger partial charge >= 0.3 is 5.97 Å². The Morgan fingerprint density at radius 2 is 2.09 bits per heavy atom. The largest absolute Gasteiger partial charge is 0.478 e. The molecular weight excluding hydrogens is 286 g/mol. The quantitative estimate of drug-likeness (QED) is 0.413. The maximum absolute atomic E-state index is 11.5. The third-order valence-corrected chi connectivity index (χ3v) is 3.87. The van der Waals surface area contributed by atoms with E-state index in [-0.39, 0.29) is 29.8 Å². The molecule has 3 atom stereocenters. The number of aliphatic carboxylic acids is 1. The van der Waals surface area contributed by atoms with Crippen LogP contribution in [0.3, 0.4) is 0 Å². The van der Waals surface area contributed by atoms with Gasteiger partial charge in [0.05, 0.1) is 30.0 Å². The Morgan fingerprint density at radius 1 is 1.50 bits per heavy atom. The van der Waals surface area contributed by atoms with Crippen molar-refractivity contribution in [3.05, 3.63) is 11.6 Å². The molecule has 1 amide bonds. The molecule has 1 aliphatic rings. The van der Waals surface area contributed by atoms with Crippen LogP contribution in [-0.4, -0.2) is 41.1 Å². The van der Waals surface area contributed by atoms with E-state index in [0.29, 0.717) is 0 Å². The van der Waals surface area contributed by atoms with Gasteiger partial charge in [0.15, 0.2) is 0 Å². The van der Waals surface area contributed by atoms with E-state index in [1.54, 1.807) is 0 Å². The molecule has 0 saturated heterocycles. The van der Waals surface area contributed by atoms with Crippen LogP contribution >= 0.6 is 0 Å². The fourth-order valence-corrected chi connectivity index (χ4v) is 2.68. The molecule has 7 heteroatoms. The second kappa shape index (κ2) is 7.93. The van der Waals surface area contributed by atoms with Crippen molar-refractivity contribution in [3.8, 4) is 0 Å². The number of hydrogen-bond acceptors (Lipinski definition) is 4. The highest BCUT2D eigenvalue weighted by molar-refractivity contribution is 5.91. The number of amidine groups is 1. The topological polar surface area (TPSA) is 126 Å². The molecule has 0 radical (unpaired) electrons. The van der Waals surface area contributed by atoms with Gasteiger partial charge in [0, 0.05) is 18.9 Å². The van der Waals surface area contributed by atoms with Crippen LogP contribution in [0.5, 0.6) is 0 Å². The number of carbonyl (C=O) groups excluding carboxylic acids is 1. The zero-order valence-corrected chi connectivity index (χ0v) is 13.3. The highest BCUT2D eigenvalue weighted by Crippen LogP contribution is 2.28. The molecule has 0 heterocycles. The van der Waals surface area contributed by atoms with Crippen molar-refractivity contribution in [2.24, 2.45) is 11.7 Å². The summed E-state index contributed by atoms with van der Waals surface area (Å²) in [6.07, 6.45) is 2.66. The van der Waals surface area contributed by atoms with Gasteiger partial charge in [0.1, 0.15) is 0 Å². The van der Waals surface area contributed by atoms with Crippen LogP contribution in [0, 0.1) is 11.3 Å². The second-order valence-electron chi connectivity index (χ2n) is 5.52. The van der Waals surface area contributed by atoms with E-state index in [9.17, 15) is 14.7 Å². The van der Waals surface area contributed by atoms with Crippen LogP contribution in [0.25, 0.3) is 0 Å². The Hall–Kier alpha value is -1.89. The summed E-state index contributed by atoms with van der Waals surface area (Å²) in [5.74, 6) is -2.18. The van der Waals surface area contributed by atoms with Gasteiger partial charge in [-0.1, -0.05) is 19.9 Å². The lowest BCUT2D eigenvalue weighted by atomic mass is 9.82. The third kappa shape index (κ3) is 4.56. The lowest BCUT2D eigenvalue weighted by Gasteiger charge is -2.37. The molecule has 124 valence electrons. The van der Waals surface area contributed by atoms with Crippen LogP contribution in [0.15, 0.2) is 11.6 Å². The van der Waals surface area contributed by atoms with Crippen molar-refractivity contribution in [2.45, 2.75) is 58.3 Å². The first-order valence-electron chi connectivity index (χ1n) is 7.50. The van der Waals surface area contributed by atoms with E-state index in [4.69, 9.17) is 15.9 Å². The highest BCUT2D eigenvalue weighted by Gasteiger charge is 2.38. The van der Waals surface area contributed by atoms with Crippen LogP contribution in [0.2, 0.25) is 0 Å². The standard InChI is InChI=1S/C15H25N3O4/c1-4-10(5-2)22-12-7-9(15(20)21)6-11(14(16)17)13(12)18-8(3)19/h6,10-13H,4-5,7H2,1-3H3,(H3,16,17)(H,18,19)(H,20,21)/t11-,12+,13+/m0/s1. The lowest BCUT2D eigenvalue weighted by molar-refractivity contribution is -0.134. The van der Waals surface area contributed by atoms with E-state index in [1.165, 1.54) is 13.0 Å². The van der Waals surface area contributed by atoms with Crippen molar-refractivity contribution in [2.75, 3.05) is 0 Å². The molecule has 5 N–H and O–H groups in total. The average Bonchev–Trinajstić information content (AvgIpc) is 2.44. The van der Waals surface area contributed by atoms with Crippen molar-refractivity contribution in [3.63, 3.8) is 0 Å². The molecule has 0 aromatic heterocycles. The maximum Gasteiger partial charge on any atom is 0.331 e. The number of carboxylic acid groups (broad SMARTS) is 1. The van der Waals surface area contributed by atoms with Gasteiger partial charge in [0.25, 0.3) is 0 Å². The second-order valence-corrected chi connectivity index (χ2v) is 5.52. The predicted molar refractivity (Wildman–Crippen MR) is 82.6 cm³/mol. The Bertz CT molecular complexity index is 471. The molecule has 0 aromatic carbocycles. The normalized spacial score (nSPS) is 24.7. The monoisotopic (exact) mass is 311 g/mol. The van der Waals surface area contributed by atoms with Gasteiger partial charge in [-0.3, -0.25) is 10.2 Å². The molecule has 1 rings (SSSR count). The number of nitrogens with two attached hydrogens (primary N) is 1. The minimum atomic E-state index is -1.05. The SMILES string of the molecule is CCC(CC)O[C@@H]1CC(C(=O)O)=C[C@H](C(=N)N)[C@H]1NC(C)=O. The molecular formula is C15H25N3O4. The minimum absolute atomic E-state index is 0.0259. The van der Waals surface area contributed by atoms with E-state index in [2.05, 4.69) is 5.32 Å². The first-order valence-corrected chi connectivity index (χ1v) is 7.50. The fourth-order valence-electron chi connectivity index (χ4n) is 2.68. The van der Waals surface area contributed by atoms with Gasteiger partial charge in [-0.25, -0.2) is 4.79 Å². The zero-order valence-electron chi connectivity index (χ0n) is 13.3. The zero-order chi connectivity index (χ0) is 16.9. The van der Waals surface area contributed by atoms with Gasteiger partial charge < -0.3 is 20.9 Å². The molecule has 0 saturated carbocycles. The molecule has 1 aliphatic carbocycles. The summed E-state index contributed by atoms with van der Waals surface area (Å²) in [4.78, 5) is 22.8. The van der Waals surface area contributed by atoms with Gasteiger partial charge in [0.2, 0.25) is 5.91 Å². The van der Waals surface area contributed by atoms with Gasteiger partial charge in [-0.05, 0) is 12.8 Å². The summed E-state index contributed by atoms with van der Waals surface area (Å²) in [6.45, 7) is 5.35. The number of nitrogens with one attached hydrogen (secondary N) is 2. The summed E-state index contributed by atoms with van der Waals surface area (Å²) in [5.41, 5.74) is 5.76. The van der Waals surface area contributed by atoms with Crippen molar-refractivity contribution < 1.29 is 19.4 Å². The summed E-state index contributed by atoms with van der Waals surface area (Å²) in [5, 5.41) is 19.7. The van der Waals surface area contributed by atoms with E-state index >= 15 is 0 Å². The summed E-state index contributed by atoms with van der Waals surface area (Å²) >= 11 is 0. The fraction of sp³-hybridized carbons (Fsp3) is 0.667.